The van der Waals surface area contributed by atoms with Crippen molar-refractivity contribution in [3.8, 4) is 11.5 Å². The lowest BCUT2D eigenvalue weighted by molar-refractivity contribution is -0.113. The smallest absolute Gasteiger partial charge is 0.234 e. The minimum absolute atomic E-state index is 0.0301. The van der Waals surface area contributed by atoms with Gasteiger partial charge < -0.3 is 19.9 Å². The highest BCUT2D eigenvalue weighted by Gasteiger charge is 2.15. The van der Waals surface area contributed by atoms with E-state index in [2.05, 4.69) is 5.32 Å². The van der Waals surface area contributed by atoms with Gasteiger partial charge in [-0.1, -0.05) is 6.92 Å². The normalized spacial score (nSPS) is 15.9. The number of aliphatic hydroxyl groups excluding tert-OH is 1. The van der Waals surface area contributed by atoms with Gasteiger partial charge in [-0.3, -0.25) is 4.79 Å². The first-order valence-corrected chi connectivity index (χ1v) is 7.10. The largest absolute Gasteiger partial charge is 0.454 e. The van der Waals surface area contributed by atoms with E-state index in [1.165, 1.54) is 11.8 Å². The number of carbonyl (C=O) groups is 1. The number of anilines is 1. The molecular weight excluding hydrogens is 266 g/mol. The van der Waals surface area contributed by atoms with Gasteiger partial charge >= 0.3 is 0 Å². The van der Waals surface area contributed by atoms with Gasteiger partial charge in [0, 0.05) is 17.0 Å². The van der Waals surface area contributed by atoms with E-state index < -0.39 is 6.10 Å². The van der Waals surface area contributed by atoms with Crippen molar-refractivity contribution in [1.82, 2.24) is 0 Å². The predicted molar refractivity (Wildman–Crippen MR) is 74.8 cm³/mol. The fourth-order valence-electron chi connectivity index (χ4n) is 1.52. The zero-order chi connectivity index (χ0) is 13.8. The fraction of sp³-hybridized carbons (Fsp3) is 0.462. The summed E-state index contributed by atoms with van der Waals surface area (Å²) in [4.78, 5) is 11.8. The highest BCUT2D eigenvalue weighted by atomic mass is 32.2. The molecule has 0 spiro atoms. The number of rotatable bonds is 5. The summed E-state index contributed by atoms with van der Waals surface area (Å²) < 4.78 is 10.4. The van der Waals surface area contributed by atoms with E-state index in [1.807, 2.05) is 6.92 Å². The van der Waals surface area contributed by atoms with Gasteiger partial charge in [0.1, 0.15) is 0 Å². The van der Waals surface area contributed by atoms with E-state index in [9.17, 15) is 9.90 Å². The van der Waals surface area contributed by atoms with Gasteiger partial charge in [0.15, 0.2) is 11.5 Å². The monoisotopic (exact) mass is 283 g/mol. The third-order valence-electron chi connectivity index (χ3n) is 2.81. The predicted octanol–water partition coefficient (Wildman–Crippen LogP) is 1.86. The van der Waals surface area contributed by atoms with Gasteiger partial charge in [0.2, 0.25) is 12.7 Å². The highest BCUT2D eigenvalue weighted by Crippen LogP contribution is 2.34. The average Bonchev–Trinajstić information content (AvgIpc) is 2.83. The molecule has 1 aromatic carbocycles. The van der Waals surface area contributed by atoms with Gasteiger partial charge in [-0.25, -0.2) is 0 Å². The molecule has 1 amide bonds. The molecule has 0 saturated carbocycles. The second-order valence-electron chi connectivity index (χ2n) is 4.37. The first-order chi connectivity index (χ1) is 9.06. The van der Waals surface area contributed by atoms with Gasteiger partial charge in [0.25, 0.3) is 0 Å². The minimum Gasteiger partial charge on any atom is -0.454 e. The van der Waals surface area contributed by atoms with Crippen molar-refractivity contribution in [1.29, 1.82) is 0 Å². The number of benzene rings is 1. The molecule has 2 atom stereocenters. The lowest BCUT2D eigenvalue weighted by Gasteiger charge is -2.13. The zero-order valence-corrected chi connectivity index (χ0v) is 11.7. The summed E-state index contributed by atoms with van der Waals surface area (Å²) in [6.07, 6.45) is -0.427. The van der Waals surface area contributed by atoms with Crippen LogP contribution in [0.1, 0.15) is 13.8 Å². The third-order valence-corrected chi connectivity index (χ3v) is 4.16. The summed E-state index contributed by atoms with van der Waals surface area (Å²) in [5.41, 5.74) is 0.680. The van der Waals surface area contributed by atoms with Gasteiger partial charge in [-0.05, 0) is 19.1 Å². The summed E-state index contributed by atoms with van der Waals surface area (Å²) in [6.45, 7) is 3.82. The van der Waals surface area contributed by atoms with Crippen LogP contribution in [-0.4, -0.2) is 34.9 Å². The minimum atomic E-state index is -0.427. The number of ether oxygens (including phenoxy) is 2. The fourth-order valence-corrected chi connectivity index (χ4v) is 2.28. The molecular formula is C13H17NO4S. The van der Waals surface area contributed by atoms with E-state index in [0.717, 1.165) is 0 Å². The van der Waals surface area contributed by atoms with Crippen LogP contribution in [0.15, 0.2) is 18.2 Å². The summed E-state index contributed by atoms with van der Waals surface area (Å²) in [6, 6.07) is 5.28. The molecule has 2 unspecified atom stereocenters. The van der Waals surface area contributed by atoms with Crippen LogP contribution in [0.2, 0.25) is 0 Å². The Morgan fingerprint density at radius 2 is 2.16 bits per heavy atom. The first kappa shape index (κ1) is 14.0. The lowest BCUT2D eigenvalue weighted by Crippen LogP contribution is -2.20. The molecule has 19 heavy (non-hydrogen) atoms. The molecule has 0 saturated heterocycles. The van der Waals surface area contributed by atoms with Crippen LogP contribution in [0.3, 0.4) is 0 Å². The first-order valence-electron chi connectivity index (χ1n) is 6.05. The lowest BCUT2D eigenvalue weighted by atomic mass is 10.3. The Hall–Kier alpha value is -1.40. The van der Waals surface area contributed by atoms with Crippen LogP contribution in [-0.2, 0) is 4.79 Å². The van der Waals surface area contributed by atoms with Crippen molar-refractivity contribution in [3.05, 3.63) is 18.2 Å². The number of hydrogen-bond acceptors (Lipinski definition) is 5. The molecule has 0 fully saturated rings. The topological polar surface area (TPSA) is 67.8 Å². The van der Waals surface area contributed by atoms with Crippen molar-refractivity contribution < 1.29 is 19.4 Å². The van der Waals surface area contributed by atoms with Crippen LogP contribution in [0, 0.1) is 0 Å². The van der Waals surface area contributed by atoms with Crippen molar-refractivity contribution in [2.24, 2.45) is 0 Å². The van der Waals surface area contributed by atoms with Crippen molar-refractivity contribution >= 4 is 23.4 Å². The molecule has 1 aromatic rings. The summed E-state index contributed by atoms with van der Waals surface area (Å²) in [5, 5.41) is 12.2. The second kappa shape index (κ2) is 6.16. The van der Waals surface area contributed by atoms with Crippen LogP contribution < -0.4 is 14.8 Å². The van der Waals surface area contributed by atoms with Gasteiger partial charge in [-0.15, -0.1) is 11.8 Å². The molecule has 0 aliphatic carbocycles. The number of aliphatic hydroxyl groups is 1. The van der Waals surface area contributed by atoms with Gasteiger partial charge in [-0.2, -0.15) is 0 Å². The number of amides is 1. The van der Waals surface area contributed by atoms with E-state index in [1.54, 1.807) is 25.1 Å². The van der Waals surface area contributed by atoms with E-state index in [4.69, 9.17) is 9.47 Å². The molecule has 1 aliphatic heterocycles. The number of carbonyl (C=O) groups excluding carboxylic acids is 1. The van der Waals surface area contributed by atoms with E-state index in [-0.39, 0.29) is 18.0 Å². The van der Waals surface area contributed by atoms with Crippen molar-refractivity contribution in [3.63, 3.8) is 0 Å². The van der Waals surface area contributed by atoms with Crippen LogP contribution in [0.25, 0.3) is 0 Å². The molecule has 0 radical (unpaired) electrons. The summed E-state index contributed by atoms with van der Waals surface area (Å²) >= 11 is 1.42. The summed E-state index contributed by atoms with van der Waals surface area (Å²) in [7, 11) is 0. The molecule has 1 heterocycles. The Kier molecular flexibility index (Phi) is 4.55. The van der Waals surface area contributed by atoms with Crippen LogP contribution in [0.4, 0.5) is 5.69 Å². The molecule has 2 rings (SSSR count). The Morgan fingerprint density at radius 3 is 2.89 bits per heavy atom. The Morgan fingerprint density at radius 1 is 1.42 bits per heavy atom. The molecule has 0 bridgehead atoms. The second-order valence-corrected chi connectivity index (χ2v) is 5.74. The molecule has 6 heteroatoms. The maximum Gasteiger partial charge on any atom is 0.234 e. The number of thioether (sulfide) groups is 1. The molecule has 2 N–H and O–H groups in total. The zero-order valence-electron chi connectivity index (χ0n) is 10.9. The van der Waals surface area contributed by atoms with Crippen LogP contribution >= 0.6 is 11.8 Å². The Bertz CT molecular complexity index is 464. The Balaban J connectivity index is 1.85. The van der Waals surface area contributed by atoms with E-state index >= 15 is 0 Å². The van der Waals surface area contributed by atoms with Crippen molar-refractivity contribution in [2.45, 2.75) is 25.2 Å². The third kappa shape index (κ3) is 3.78. The molecule has 0 aromatic heterocycles. The SMILES string of the molecule is CC(O)C(C)SCC(=O)Nc1ccc2c(c1)OCO2. The van der Waals surface area contributed by atoms with E-state index in [0.29, 0.717) is 22.9 Å². The molecule has 104 valence electrons. The number of fused-ring (bicyclic) bond motifs is 1. The van der Waals surface area contributed by atoms with Crippen LogP contribution in [0.5, 0.6) is 11.5 Å². The van der Waals surface area contributed by atoms with Crippen molar-refractivity contribution in [2.75, 3.05) is 17.9 Å². The highest BCUT2D eigenvalue weighted by molar-refractivity contribution is 8.00. The average molecular weight is 283 g/mol. The quantitative estimate of drug-likeness (QED) is 0.863. The Labute approximate surface area is 116 Å². The maximum atomic E-state index is 11.8. The van der Waals surface area contributed by atoms with Gasteiger partial charge in [0.05, 0.1) is 11.9 Å². The maximum absolute atomic E-state index is 11.8. The molecule has 5 nitrogen and oxygen atoms in total. The molecule has 1 aliphatic rings. The number of nitrogens with one attached hydrogen (secondary N) is 1. The summed E-state index contributed by atoms with van der Waals surface area (Å²) in [5.74, 6) is 1.54. The number of hydrogen-bond donors (Lipinski definition) is 2. The standard InChI is InChI=1S/C13H17NO4S/c1-8(15)9(2)19-6-13(16)14-10-3-4-11-12(5-10)18-7-17-11/h3-5,8-9,15H,6-7H2,1-2H3,(H,14,16).